The van der Waals surface area contributed by atoms with Crippen LogP contribution < -0.4 is 10.9 Å². The molecule has 2 aliphatic heterocycles. The van der Waals surface area contributed by atoms with Gasteiger partial charge >= 0.3 is 0 Å². The normalized spacial score (nSPS) is 15.6. The van der Waals surface area contributed by atoms with E-state index in [1.807, 2.05) is 0 Å². The zero-order valence-corrected chi connectivity index (χ0v) is 13.6. The molecule has 0 saturated heterocycles. The monoisotopic (exact) mass is 332 g/mol. The minimum Gasteiger partial charge on any atom is -0.354 e. The SMILES string of the molecule is N#Cc1cc(C#N)cc(CN2CCc3c(c(=O)nc4n3CCN4)C2)c1. The molecule has 7 heteroatoms. The Kier molecular flexibility index (Phi) is 3.72. The molecule has 124 valence electrons. The van der Waals surface area contributed by atoms with Gasteiger partial charge in [-0.3, -0.25) is 9.69 Å². The summed E-state index contributed by atoms with van der Waals surface area (Å²) in [7, 11) is 0. The molecule has 1 aromatic heterocycles. The van der Waals surface area contributed by atoms with Crippen LogP contribution in [0.5, 0.6) is 0 Å². The quantitative estimate of drug-likeness (QED) is 0.880. The van der Waals surface area contributed by atoms with Crippen molar-refractivity contribution in [1.82, 2.24) is 14.5 Å². The summed E-state index contributed by atoms with van der Waals surface area (Å²) in [5, 5.41) is 21.4. The molecular formula is C18H16N6O. The van der Waals surface area contributed by atoms with Crippen LogP contribution in [0.15, 0.2) is 23.0 Å². The van der Waals surface area contributed by atoms with Crippen LogP contribution >= 0.6 is 0 Å². The molecule has 0 spiro atoms. The molecule has 0 bridgehead atoms. The van der Waals surface area contributed by atoms with E-state index in [4.69, 9.17) is 10.5 Å². The molecule has 25 heavy (non-hydrogen) atoms. The van der Waals surface area contributed by atoms with Gasteiger partial charge in [-0.2, -0.15) is 15.5 Å². The predicted molar refractivity (Wildman–Crippen MR) is 90.7 cm³/mol. The Hall–Kier alpha value is -3.16. The lowest BCUT2D eigenvalue weighted by Crippen LogP contribution is -2.36. The number of nitrogens with one attached hydrogen (secondary N) is 1. The van der Waals surface area contributed by atoms with Gasteiger partial charge in [-0.15, -0.1) is 0 Å². The third-order valence-corrected chi connectivity index (χ3v) is 4.72. The van der Waals surface area contributed by atoms with Crippen LogP contribution in [0.1, 0.15) is 27.9 Å². The van der Waals surface area contributed by atoms with Crippen LogP contribution in [0, 0.1) is 22.7 Å². The highest BCUT2D eigenvalue weighted by atomic mass is 16.1. The zero-order chi connectivity index (χ0) is 17.4. The van der Waals surface area contributed by atoms with Crippen molar-refractivity contribution in [3.05, 3.63) is 56.5 Å². The number of hydrogen-bond donors (Lipinski definition) is 1. The molecule has 3 heterocycles. The minimum atomic E-state index is -0.163. The number of benzene rings is 1. The van der Waals surface area contributed by atoms with Crippen molar-refractivity contribution < 1.29 is 0 Å². The first-order chi connectivity index (χ1) is 12.2. The van der Waals surface area contributed by atoms with Crippen LogP contribution in [-0.4, -0.2) is 27.5 Å². The number of anilines is 1. The minimum absolute atomic E-state index is 0.163. The van der Waals surface area contributed by atoms with Crippen LogP contribution in [0.25, 0.3) is 0 Å². The molecule has 2 aliphatic rings. The lowest BCUT2D eigenvalue weighted by Gasteiger charge is -2.29. The standard InChI is InChI=1S/C18H16N6O/c19-8-12-5-13(9-20)7-14(6-12)10-23-3-1-16-15(11-23)17(25)22-18-21-2-4-24(16)18/h5-7H,1-4,10-11H2,(H,21,22,25). The fourth-order valence-corrected chi connectivity index (χ4v) is 3.61. The average Bonchev–Trinajstić information content (AvgIpc) is 3.10. The first-order valence-corrected chi connectivity index (χ1v) is 8.21. The summed E-state index contributed by atoms with van der Waals surface area (Å²) in [6, 6.07) is 9.37. The largest absolute Gasteiger partial charge is 0.354 e. The maximum Gasteiger partial charge on any atom is 0.279 e. The molecule has 0 radical (unpaired) electrons. The van der Waals surface area contributed by atoms with Crippen molar-refractivity contribution in [2.75, 3.05) is 18.4 Å². The zero-order valence-electron chi connectivity index (χ0n) is 13.6. The fraction of sp³-hybridized carbons (Fsp3) is 0.333. The number of hydrogen-bond acceptors (Lipinski definition) is 6. The molecule has 1 aromatic carbocycles. The highest BCUT2D eigenvalue weighted by Crippen LogP contribution is 2.22. The van der Waals surface area contributed by atoms with E-state index in [2.05, 4.69) is 31.9 Å². The van der Waals surface area contributed by atoms with E-state index >= 15 is 0 Å². The molecule has 7 nitrogen and oxygen atoms in total. The molecular weight excluding hydrogens is 316 g/mol. The smallest absolute Gasteiger partial charge is 0.279 e. The van der Waals surface area contributed by atoms with Gasteiger partial charge in [0.15, 0.2) is 0 Å². The van der Waals surface area contributed by atoms with Gasteiger partial charge in [-0.25, -0.2) is 0 Å². The number of nitriles is 2. The van der Waals surface area contributed by atoms with Gasteiger partial charge in [-0.05, 0) is 23.8 Å². The summed E-state index contributed by atoms with van der Waals surface area (Å²) in [5.41, 5.74) is 3.56. The number of aromatic nitrogens is 2. The van der Waals surface area contributed by atoms with Gasteiger partial charge in [0, 0.05) is 44.8 Å². The maximum atomic E-state index is 12.3. The summed E-state index contributed by atoms with van der Waals surface area (Å²) >= 11 is 0. The van der Waals surface area contributed by atoms with E-state index in [1.165, 1.54) is 0 Å². The van der Waals surface area contributed by atoms with Gasteiger partial charge in [0.25, 0.3) is 5.56 Å². The Morgan fingerprint density at radius 1 is 1.16 bits per heavy atom. The Morgan fingerprint density at radius 3 is 2.64 bits per heavy atom. The number of rotatable bonds is 2. The summed E-state index contributed by atoms with van der Waals surface area (Å²) < 4.78 is 2.11. The van der Waals surface area contributed by atoms with Crippen LogP contribution in [0.4, 0.5) is 5.95 Å². The van der Waals surface area contributed by atoms with Crippen molar-refractivity contribution in [2.24, 2.45) is 0 Å². The molecule has 0 unspecified atom stereocenters. The topological polar surface area (TPSA) is 97.7 Å². The summed E-state index contributed by atoms with van der Waals surface area (Å²) in [6.45, 7) is 3.63. The van der Waals surface area contributed by atoms with Crippen molar-refractivity contribution >= 4 is 5.95 Å². The van der Waals surface area contributed by atoms with Crippen molar-refractivity contribution in [2.45, 2.75) is 26.1 Å². The Morgan fingerprint density at radius 2 is 1.92 bits per heavy atom. The predicted octanol–water partition coefficient (Wildman–Crippen LogP) is 0.970. The average molecular weight is 332 g/mol. The second kappa shape index (κ2) is 6.04. The van der Waals surface area contributed by atoms with Gasteiger partial charge in [0.2, 0.25) is 5.95 Å². The van der Waals surface area contributed by atoms with Gasteiger partial charge in [0.1, 0.15) is 0 Å². The molecule has 0 fully saturated rings. The number of fused-ring (bicyclic) bond motifs is 3. The maximum absolute atomic E-state index is 12.3. The number of nitrogens with zero attached hydrogens (tertiary/aromatic N) is 5. The summed E-state index contributed by atoms with van der Waals surface area (Å²) in [6.07, 6.45) is 0.796. The molecule has 0 amide bonds. The van der Waals surface area contributed by atoms with E-state index in [-0.39, 0.29) is 5.56 Å². The molecule has 0 atom stereocenters. The molecule has 0 saturated carbocycles. The van der Waals surface area contributed by atoms with E-state index in [0.717, 1.165) is 42.9 Å². The second-order valence-electron chi connectivity index (χ2n) is 6.35. The van der Waals surface area contributed by atoms with Crippen molar-refractivity contribution in [3.8, 4) is 12.1 Å². The summed E-state index contributed by atoms with van der Waals surface area (Å²) in [4.78, 5) is 18.7. The van der Waals surface area contributed by atoms with E-state index < -0.39 is 0 Å². The molecule has 4 rings (SSSR count). The first-order valence-electron chi connectivity index (χ1n) is 8.21. The van der Waals surface area contributed by atoms with Gasteiger partial charge in [-0.1, -0.05) is 0 Å². The highest BCUT2D eigenvalue weighted by Gasteiger charge is 2.25. The van der Waals surface area contributed by atoms with E-state index in [9.17, 15) is 4.79 Å². The highest BCUT2D eigenvalue weighted by molar-refractivity contribution is 5.43. The molecule has 1 N–H and O–H groups in total. The Bertz CT molecular complexity index is 962. The molecule has 2 aromatic rings. The third-order valence-electron chi connectivity index (χ3n) is 4.72. The van der Waals surface area contributed by atoms with Crippen molar-refractivity contribution in [1.29, 1.82) is 10.5 Å². The van der Waals surface area contributed by atoms with E-state index in [1.54, 1.807) is 18.2 Å². The van der Waals surface area contributed by atoms with E-state index in [0.29, 0.717) is 30.2 Å². The fourth-order valence-electron chi connectivity index (χ4n) is 3.61. The first kappa shape index (κ1) is 15.4. The Labute approximate surface area is 144 Å². The van der Waals surface area contributed by atoms with Crippen LogP contribution in [0.3, 0.4) is 0 Å². The van der Waals surface area contributed by atoms with Crippen molar-refractivity contribution in [3.63, 3.8) is 0 Å². The molecule has 0 aliphatic carbocycles. The van der Waals surface area contributed by atoms with Gasteiger partial charge < -0.3 is 9.88 Å². The lowest BCUT2D eigenvalue weighted by molar-refractivity contribution is 0.239. The lowest BCUT2D eigenvalue weighted by atomic mass is 10.0. The van der Waals surface area contributed by atoms with Gasteiger partial charge in [0.05, 0.1) is 28.8 Å². The second-order valence-corrected chi connectivity index (χ2v) is 6.35. The van der Waals surface area contributed by atoms with Crippen LogP contribution in [-0.2, 0) is 26.1 Å². The van der Waals surface area contributed by atoms with Crippen LogP contribution in [0.2, 0.25) is 0 Å². The summed E-state index contributed by atoms with van der Waals surface area (Å²) in [5.74, 6) is 0.678. The third kappa shape index (κ3) is 2.75. The Balaban J connectivity index is 1.61.